The first-order chi connectivity index (χ1) is 8.04. The molecule has 88 valence electrons. The molecule has 0 unspecified atom stereocenters. The second kappa shape index (κ2) is 4.14. The molecule has 2 aromatic rings. The number of benzene rings is 1. The molecule has 5 nitrogen and oxygen atoms in total. The first-order valence-electron chi connectivity index (χ1n) is 4.97. The van der Waals surface area contributed by atoms with Gasteiger partial charge in [0, 0.05) is 22.2 Å². The van der Waals surface area contributed by atoms with Crippen LogP contribution in [0.2, 0.25) is 0 Å². The van der Waals surface area contributed by atoms with Crippen molar-refractivity contribution in [2.75, 3.05) is 0 Å². The van der Waals surface area contributed by atoms with Gasteiger partial charge in [0.25, 0.3) is 5.69 Å². The summed E-state index contributed by atoms with van der Waals surface area (Å²) in [5.74, 6) is -0.981. The van der Waals surface area contributed by atoms with Gasteiger partial charge in [-0.3, -0.25) is 10.1 Å². The minimum absolute atomic E-state index is 0.0121. The molecule has 0 fully saturated rings. The lowest BCUT2D eigenvalue weighted by molar-refractivity contribution is -0.384. The number of non-ortho nitro benzene ring substituents is 1. The first kappa shape index (κ1) is 11.5. The summed E-state index contributed by atoms with van der Waals surface area (Å²) in [4.78, 5) is 21.5. The van der Waals surface area contributed by atoms with E-state index in [0.717, 1.165) is 16.0 Å². The Bertz CT molecular complexity index is 617. The smallest absolute Gasteiger partial charge is 0.346 e. The predicted octanol–water partition coefficient (Wildman–Crippen LogP) is 3.07. The highest BCUT2D eigenvalue weighted by molar-refractivity contribution is 7.21. The Labute approximate surface area is 100 Å². The van der Waals surface area contributed by atoms with Crippen LogP contribution in [0.5, 0.6) is 0 Å². The van der Waals surface area contributed by atoms with Crippen molar-refractivity contribution in [3.8, 4) is 0 Å². The van der Waals surface area contributed by atoms with Crippen molar-refractivity contribution in [3.63, 3.8) is 0 Å². The van der Waals surface area contributed by atoms with Crippen LogP contribution in [-0.2, 0) is 6.42 Å². The number of rotatable bonds is 3. The fraction of sp³-hybridized carbons (Fsp3) is 0.182. The summed E-state index contributed by atoms with van der Waals surface area (Å²) < 4.78 is 0.768. The molecule has 0 spiro atoms. The van der Waals surface area contributed by atoms with E-state index in [0.29, 0.717) is 17.4 Å². The number of nitrogens with zero attached hydrogens (tertiary/aromatic N) is 1. The molecular weight excluding hydrogens is 242 g/mol. The van der Waals surface area contributed by atoms with Crippen LogP contribution < -0.4 is 0 Å². The summed E-state index contributed by atoms with van der Waals surface area (Å²) in [6, 6.07) is 4.44. The molecule has 17 heavy (non-hydrogen) atoms. The van der Waals surface area contributed by atoms with Crippen molar-refractivity contribution in [2.45, 2.75) is 13.3 Å². The molecule has 0 aliphatic heterocycles. The second-order valence-electron chi connectivity index (χ2n) is 3.51. The largest absolute Gasteiger partial charge is 0.477 e. The summed E-state index contributed by atoms with van der Waals surface area (Å²) in [5, 5.41) is 20.4. The highest BCUT2D eigenvalue weighted by atomic mass is 32.1. The van der Waals surface area contributed by atoms with Gasteiger partial charge in [-0.15, -0.1) is 11.3 Å². The Kier molecular flexibility index (Phi) is 2.81. The van der Waals surface area contributed by atoms with Crippen molar-refractivity contribution in [1.29, 1.82) is 0 Å². The number of carboxylic acids is 1. The van der Waals surface area contributed by atoms with Gasteiger partial charge in [0.1, 0.15) is 4.88 Å². The van der Waals surface area contributed by atoms with Gasteiger partial charge in [0.15, 0.2) is 0 Å². The standard InChI is InChI=1S/C11H9NO4S/c1-2-7-8-5-6(12(15)16)3-4-9(8)17-10(7)11(13)14/h3-5H,2H2,1H3,(H,13,14). The number of aromatic carboxylic acids is 1. The summed E-state index contributed by atoms with van der Waals surface area (Å²) >= 11 is 1.15. The predicted molar refractivity (Wildman–Crippen MR) is 64.8 cm³/mol. The SMILES string of the molecule is CCc1c(C(=O)O)sc2ccc([N+](=O)[O-])cc12. The number of carbonyl (C=O) groups is 1. The normalized spacial score (nSPS) is 10.6. The molecule has 0 bridgehead atoms. The topological polar surface area (TPSA) is 80.4 Å². The van der Waals surface area contributed by atoms with E-state index in [4.69, 9.17) is 5.11 Å². The van der Waals surface area contributed by atoms with Crippen LogP contribution in [0.3, 0.4) is 0 Å². The van der Waals surface area contributed by atoms with E-state index in [9.17, 15) is 14.9 Å². The number of fused-ring (bicyclic) bond motifs is 1. The summed E-state index contributed by atoms with van der Waals surface area (Å²) in [6.07, 6.45) is 0.544. The second-order valence-corrected chi connectivity index (χ2v) is 4.56. The highest BCUT2D eigenvalue weighted by Crippen LogP contribution is 2.34. The first-order valence-corrected chi connectivity index (χ1v) is 5.79. The number of hydrogen-bond donors (Lipinski definition) is 1. The molecule has 1 aromatic carbocycles. The average Bonchev–Trinajstić information content (AvgIpc) is 2.66. The van der Waals surface area contributed by atoms with Crippen molar-refractivity contribution in [3.05, 3.63) is 38.8 Å². The molecule has 0 saturated heterocycles. The van der Waals surface area contributed by atoms with E-state index >= 15 is 0 Å². The third kappa shape index (κ3) is 1.87. The van der Waals surface area contributed by atoms with Crippen LogP contribution in [-0.4, -0.2) is 16.0 Å². The van der Waals surface area contributed by atoms with Crippen LogP contribution in [0, 0.1) is 10.1 Å². The number of hydrogen-bond acceptors (Lipinski definition) is 4. The summed E-state index contributed by atoms with van der Waals surface area (Å²) in [5.41, 5.74) is 0.656. The van der Waals surface area contributed by atoms with Crippen LogP contribution in [0.15, 0.2) is 18.2 Å². The molecule has 0 aliphatic carbocycles. The van der Waals surface area contributed by atoms with Crippen molar-refractivity contribution >= 4 is 33.1 Å². The van der Waals surface area contributed by atoms with E-state index in [1.807, 2.05) is 6.92 Å². The lowest BCUT2D eigenvalue weighted by Crippen LogP contribution is -1.96. The third-order valence-electron chi connectivity index (χ3n) is 2.53. The monoisotopic (exact) mass is 251 g/mol. The summed E-state index contributed by atoms with van der Waals surface area (Å²) in [6.45, 7) is 1.84. The van der Waals surface area contributed by atoms with Crippen molar-refractivity contribution < 1.29 is 14.8 Å². The Balaban J connectivity index is 2.75. The van der Waals surface area contributed by atoms with Gasteiger partial charge in [-0.2, -0.15) is 0 Å². The van der Waals surface area contributed by atoms with Gasteiger partial charge in [-0.05, 0) is 18.1 Å². The van der Waals surface area contributed by atoms with Crippen LogP contribution in [0.1, 0.15) is 22.2 Å². The van der Waals surface area contributed by atoms with Crippen LogP contribution in [0.4, 0.5) is 5.69 Å². The van der Waals surface area contributed by atoms with Gasteiger partial charge in [0.2, 0.25) is 0 Å². The Morgan fingerprint density at radius 3 is 2.76 bits per heavy atom. The highest BCUT2D eigenvalue weighted by Gasteiger charge is 2.18. The number of nitro groups is 1. The van der Waals surface area contributed by atoms with Gasteiger partial charge in [-0.25, -0.2) is 4.79 Å². The van der Waals surface area contributed by atoms with E-state index in [1.165, 1.54) is 12.1 Å². The maximum atomic E-state index is 11.0. The van der Waals surface area contributed by atoms with Gasteiger partial charge < -0.3 is 5.11 Å². The molecule has 2 rings (SSSR count). The van der Waals surface area contributed by atoms with Gasteiger partial charge >= 0.3 is 5.97 Å². The molecule has 1 aromatic heterocycles. The zero-order chi connectivity index (χ0) is 12.6. The van der Waals surface area contributed by atoms with E-state index in [1.54, 1.807) is 6.07 Å². The van der Waals surface area contributed by atoms with Crippen molar-refractivity contribution in [1.82, 2.24) is 0 Å². The Hall–Kier alpha value is -1.95. The molecule has 1 N–H and O–H groups in total. The Morgan fingerprint density at radius 1 is 1.53 bits per heavy atom. The number of thiophene rings is 1. The van der Waals surface area contributed by atoms with Crippen molar-refractivity contribution in [2.24, 2.45) is 0 Å². The lowest BCUT2D eigenvalue weighted by Gasteiger charge is -1.96. The molecule has 0 atom stereocenters. The number of aryl methyl sites for hydroxylation is 1. The molecule has 0 saturated carbocycles. The van der Waals surface area contributed by atoms with E-state index in [-0.39, 0.29) is 10.6 Å². The third-order valence-corrected chi connectivity index (χ3v) is 3.73. The summed E-state index contributed by atoms with van der Waals surface area (Å²) in [7, 11) is 0. The molecule has 0 aliphatic rings. The fourth-order valence-electron chi connectivity index (χ4n) is 1.77. The molecular formula is C11H9NO4S. The lowest BCUT2D eigenvalue weighted by atomic mass is 10.1. The minimum atomic E-state index is -0.981. The van der Waals surface area contributed by atoms with E-state index in [2.05, 4.69) is 0 Å². The fourth-order valence-corrected chi connectivity index (χ4v) is 2.89. The van der Waals surface area contributed by atoms with Crippen LogP contribution in [0.25, 0.3) is 10.1 Å². The van der Waals surface area contributed by atoms with Crippen LogP contribution >= 0.6 is 11.3 Å². The number of carboxylic acid groups (broad SMARTS) is 1. The molecule has 0 radical (unpaired) electrons. The molecule has 6 heteroatoms. The zero-order valence-corrected chi connectivity index (χ0v) is 9.78. The maximum Gasteiger partial charge on any atom is 0.346 e. The zero-order valence-electron chi connectivity index (χ0n) is 8.97. The quantitative estimate of drug-likeness (QED) is 0.671. The van der Waals surface area contributed by atoms with Gasteiger partial charge in [0.05, 0.1) is 4.92 Å². The Morgan fingerprint density at radius 2 is 2.24 bits per heavy atom. The number of nitro benzene ring substituents is 1. The van der Waals surface area contributed by atoms with E-state index < -0.39 is 10.9 Å². The van der Waals surface area contributed by atoms with Gasteiger partial charge in [-0.1, -0.05) is 6.92 Å². The maximum absolute atomic E-state index is 11.0. The molecule has 0 amide bonds. The molecule has 1 heterocycles. The average molecular weight is 251 g/mol. The minimum Gasteiger partial charge on any atom is -0.477 e.